The van der Waals surface area contributed by atoms with Crippen molar-refractivity contribution in [3.8, 4) is 5.69 Å². The van der Waals surface area contributed by atoms with Crippen LogP contribution < -0.4 is 5.69 Å². The predicted octanol–water partition coefficient (Wildman–Crippen LogP) is 0.171. The lowest BCUT2D eigenvalue weighted by Gasteiger charge is -2.08. The minimum atomic E-state index is -0.511. The first-order valence-electron chi connectivity index (χ1n) is 5.48. The number of hydrogen-bond acceptors (Lipinski definition) is 4. The van der Waals surface area contributed by atoms with E-state index in [9.17, 15) is 9.59 Å². The molecule has 0 atom stereocenters. The number of halogens is 1. The Labute approximate surface area is 114 Å². The van der Waals surface area contributed by atoms with Gasteiger partial charge in [0.15, 0.2) is 0 Å². The lowest BCUT2D eigenvalue weighted by atomic mass is 10.3. The quantitative estimate of drug-likeness (QED) is 0.804. The van der Waals surface area contributed by atoms with Crippen molar-refractivity contribution < 1.29 is 4.79 Å². The number of likely N-dealkylation sites (N-methyl/N-ethyl adjacent to an activating group) is 1. The Morgan fingerprint density at radius 2 is 2.00 bits per heavy atom. The average Bonchev–Trinajstić information content (AvgIpc) is 2.72. The van der Waals surface area contributed by atoms with Crippen LogP contribution in [0.5, 0.6) is 0 Å². The van der Waals surface area contributed by atoms with Gasteiger partial charge >= 0.3 is 5.69 Å². The Balaban J connectivity index is 2.37. The summed E-state index contributed by atoms with van der Waals surface area (Å²) in [7, 11) is 3.21. The van der Waals surface area contributed by atoms with Gasteiger partial charge in [-0.05, 0) is 22.6 Å². The van der Waals surface area contributed by atoms with Crippen LogP contribution in [-0.2, 0) is 11.3 Å². The van der Waals surface area contributed by atoms with Crippen LogP contribution in [0.4, 0.5) is 0 Å². The van der Waals surface area contributed by atoms with Gasteiger partial charge in [0, 0.05) is 14.1 Å². The number of amides is 1. The highest BCUT2D eigenvalue weighted by atomic mass is 35.5. The van der Waals surface area contributed by atoms with E-state index < -0.39 is 5.69 Å². The predicted molar refractivity (Wildman–Crippen MR) is 69.3 cm³/mol. The first-order valence-corrected chi connectivity index (χ1v) is 5.86. The molecule has 100 valence electrons. The van der Waals surface area contributed by atoms with E-state index in [-0.39, 0.29) is 12.5 Å². The zero-order valence-corrected chi connectivity index (χ0v) is 11.2. The molecule has 0 bridgehead atoms. The maximum absolute atomic E-state index is 12.1. The summed E-state index contributed by atoms with van der Waals surface area (Å²) in [6, 6.07) is 6.78. The maximum atomic E-state index is 12.1. The highest BCUT2D eigenvalue weighted by Crippen LogP contribution is 2.16. The molecule has 0 radical (unpaired) electrons. The molecule has 7 nitrogen and oxygen atoms in total. The molecule has 19 heavy (non-hydrogen) atoms. The van der Waals surface area contributed by atoms with Gasteiger partial charge in [-0.25, -0.2) is 4.79 Å². The topological polar surface area (TPSA) is 73.0 Å². The van der Waals surface area contributed by atoms with Crippen molar-refractivity contribution in [1.82, 2.24) is 24.7 Å². The summed E-state index contributed by atoms with van der Waals surface area (Å²) >= 11 is 5.98. The molecular formula is C11H12ClN5O2. The second kappa shape index (κ2) is 5.23. The first-order chi connectivity index (χ1) is 9.00. The Morgan fingerprint density at radius 3 is 2.63 bits per heavy atom. The molecule has 1 heterocycles. The van der Waals surface area contributed by atoms with Crippen molar-refractivity contribution >= 4 is 17.5 Å². The minimum absolute atomic E-state index is 0.156. The van der Waals surface area contributed by atoms with Gasteiger partial charge in [0.05, 0.1) is 10.7 Å². The van der Waals surface area contributed by atoms with Gasteiger partial charge in [-0.1, -0.05) is 23.7 Å². The largest absolute Gasteiger partial charge is 0.369 e. The zero-order valence-electron chi connectivity index (χ0n) is 10.4. The number of hydrogen-bond donors (Lipinski definition) is 0. The van der Waals surface area contributed by atoms with Crippen LogP contribution >= 0.6 is 11.6 Å². The second-order valence-electron chi connectivity index (χ2n) is 4.07. The SMILES string of the molecule is CN(C)C(=O)Cn1nnn(-c2ccccc2Cl)c1=O. The van der Waals surface area contributed by atoms with Crippen LogP contribution in [0.1, 0.15) is 0 Å². The Kier molecular flexibility index (Phi) is 3.66. The molecule has 1 aromatic heterocycles. The van der Waals surface area contributed by atoms with Crippen molar-refractivity contribution in [1.29, 1.82) is 0 Å². The fraction of sp³-hybridized carbons (Fsp3) is 0.273. The summed E-state index contributed by atoms with van der Waals surface area (Å²) < 4.78 is 2.05. The summed E-state index contributed by atoms with van der Waals surface area (Å²) in [4.78, 5) is 25.0. The molecule has 0 aliphatic carbocycles. The van der Waals surface area contributed by atoms with Crippen LogP contribution in [0, 0.1) is 0 Å². The molecule has 1 aromatic carbocycles. The number of rotatable bonds is 3. The molecule has 0 aliphatic heterocycles. The maximum Gasteiger partial charge on any atom is 0.369 e. The molecule has 2 aromatic rings. The molecule has 8 heteroatoms. The second-order valence-corrected chi connectivity index (χ2v) is 4.48. The van der Waals surface area contributed by atoms with Gasteiger partial charge in [0.2, 0.25) is 5.91 Å². The van der Waals surface area contributed by atoms with Crippen molar-refractivity contribution in [2.45, 2.75) is 6.54 Å². The van der Waals surface area contributed by atoms with Crippen molar-refractivity contribution in [3.05, 3.63) is 39.8 Å². The monoisotopic (exact) mass is 281 g/mol. The van der Waals surface area contributed by atoms with Crippen LogP contribution in [-0.4, -0.2) is 44.7 Å². The van der Waals surface area contributed by atoms with Crippen LogP contribution in [0.15, 0.2) is 29.1 Å². The molecule has 0 saturated heterocycles. The standard InChI is InChI=1S/C11H12ClN5O2/c1-15(2)10(18)7-16-11(19)17(14-13-16)9-6-4-3-5-8(9)12/h3-6H,7H2,1-2H3. The molecule has 1 amide bonds. The fourth-order valence-corrected chi connectivity index (χ4v) is 1.63. The van der Waals surface area contributed by atoms with Gasteiger partial charge in [-0.2, -0.15) is 9.36 Å². The normalized spacial score (nSPS) is 10.5. The van der Waals surface area contributed by atoms with Crippen LogP contribution in [0.25, 0.3) is 5.69 Å². The molecule has 0 N–H and O–H groups in total. The number of carbonyl (C=O) groups is 1. The number of para-hydroxylation sites is 1. The van der Waals surface area contributed by atoms with E-state index in [1.54, 1.807) is 38.4 Å². The molecule has 2 rings (SSSR count). The summed E-state index contributed by atoms with van der Waals surface area (Å²) in [5, 5.41) is 7.77. The number of tetrazole rings is 1. The average molecular weight is 282 g/mol. The molecule has 0 aliphatic rings. The minimum Gasteiger partial charge on any atom is -0.347 e. The van der Waals surface area contributed by atoms with Crippen molar-refractivity contribution in [3.63, 3.8) is 0 Å². The van der Waals surface area contributed by atoms with Crippen LogP contribution in [0.3, 0.4) is 0 Å². The molecular weight excluding hydrogens is 270 g/mol. The summed E-state index contributed by atoms with van der Waals surface area (Å²) in [6.45, 7) is -0.156. The highest BCUT2D eigenvalue weighted by Gasteiger charge is 2.14. The number of nitrogens with zero attached hydrogens (tertiary/aromatic N) is 5. The first kappa shape index (κ1) is 13.3. The van der Waals surface area contributed by atoms with Crippen molar-refractivity contribution in [2.75, 3.05) is 14.1 Å². The van der Waals surface area contributed by atoms with Gasteiger partial charge in [-0.3, -0.25) is 4.79 Å². The van der Waals surface area contributed by atoms with Gasteiger partial charge in [0.1, 0.15) is 6.54 Å². The van der Waals surface area contributed by atoms with E-state index in [4.69, 9.17) is 11.6 Å². The van der Waals surface area contributed by atoms with E-state index in [2.05, 4.69) is 10.4 Å². The molecule has 0 fully saturated rings. The number of aromatic nitrogens is 4. The molecule has 0 saturated carbocycles. The third-order valence-corrected chi connectivity index (χ3v) is 2.82. The third kappa shape index (κ3) is 2.65. The van der Waals surface area contributed by atoms with E-state index >= 15 is 0 Å². The molecule has 0 unspecified atom stereocenters. The molecule has 0 spiro atoms. The summed E-state index contributed by atoms with van der Waals surface area (Å²) in [6.07, 6.45) is 0. The van der Waals surface area contributed by atoms with E-state index in [1.807, 2.05) is 0 Å². The zero-order chi connectivity index (χ0) is 14.0. The number of carbonyl (C=O) groups excluding carboxylic acids is 1. The highest BCUT2D eigenvalue weighted by molar-refractivity contribution is 6.32. The van der Waals surface area contributed by atoms with E-state index in [0.717, 1.165) is 9.36 Å². The Bertz CT molecular complexity index is 661. The Morgan fingerprint density at radius 1 is 1.32 bits per heavy atom. The smallest absolute Gasteiger partial charge is 0.347 e. The van der Waals surface area contributed by atoms with E-state index in [0.29, 0.717) is 10.7 Å². The van der Waals surface area contributed by atoms with Gasteiger partial charge in [-0.15, -0.1) is 0 Å². The summed E-state index contributed by atoms with van der Waals surface area (Å²) in [5.41, 5.74) is -0.0824. The summed E-state index contributed by atoms with van der Waals surface area (Å²) in [5.74, 6) is -0.242. The van der Waals surface area contributed by atoms with Gasteiger partial charge in [0.25, 0.3) is 0 Å². The lowest BCUT2D eigenvalue weighted by molar-refractivity contribution is -0.129. The Hall–Kier alpha value is -2.15. The fourth-order valence-electron chi connectivity index (χ4n) is 1.42. The van der Waals surface area contributed by atoms with Gasteiger partial charge < -0.3 is 4.90 Å². The van der Waals surface area contributed by atoms with Crippen LogP contribution in [0.2, 0.25) is 5.02 Å². The van der Waals surface area contributed by atoms with E-state index in [1.165, 1.54) is 4.90 Å². The third-order valence-electron chi connectivity index (χ3n) is 2.50. The van der Waals surface area contributed by atoms with Crippen molar-refractivity contribution in [2.24, 2.45) is 0 Å². The lowest BCUT2D eigenvalue weighted by Crippen LogP contribution is -2.32. The number of benzene rings is 1.